The number of thiocarbonyl (C=S) groups is 1. The molecule has 9 heteroatoms. The number of methoxy groups -OCH3 is 1. The van der Waals surface area contributed by atoms with E-state index in [2.05, 4.69) is 0 Å². The van der Waals surface area contributed by atoms with Gasteiger partial charge in [-0.2, -0.15) is 0 Å². The summed E-state index contributed by atoms with van der Waals surface area (Å²) in [4.78, 5) is 3.76. The molecule has 1 aromatic rings. The fourth-order valence-electron chi connectivity index (χ4n) is 2.12. The molecule has 0 amide bonds. The Kier molecular flexibility index (Phi) is 8.06. The van der Waals surface area contributed by atoms with Gasteiger partial charge in [-0.25, -0.2) is 8.42 Å². The molecule has 0 aliphatic carbocycles. The van der Waals surface area contributed by atoms with Crippen molar-refractivity contribution in [3.8, 4) is 5.75 Å². The van der Waals surface area contributed by atoms with Gasteiger partial charge < -0.3 is 14.2 Å². The molecular weight excluding hydrogens is 365 g/mol. The molecule has 1 aliphatic rings. The van der Waals surface area contributed by atoms with Crippen molar-refractivity contribution in [3.63, 3.8) is 0 Å². The monoisotopic (exact) mass is 381 g/mol. The molecule has 1 aromatic carbocycles. The maximum Gasteiger partial charge on any atom is 1.00 e. The van der Waals surface area contributed by atoms with E-state index in [-0.39, 0.29) is 41.7 Å². The summed E-state index contributed by atoms with van der Waals surface area (Å²) < 4.78 is 37.6. The molecule has 0 aromatic heterocycles. The fourth-order valence-corrected chi connectivity index (χ4v) is 3.96. The molecule has 5 nitrogen and oxygen atoms in total. The van der Waals surface area contributed by atoms with E-state index < -0.39 is 10.1 Å². The van der Waals surface area contributed by atoms with E-state index >= 15 is 0 Å². The predicted molar refractivity (Wildman–Crippen MR) is 91.7 cm³/mol. The number of hydrogen-bond donors (Lipinski definition) is 0. The van der Waals surface area contributed by atoms with Crippen LogP contribution in [0.25, 0.3) is 0 Å². The molecule has 23 heavy (non-hydrogen) atoms. The van der Waals surface area contributed by atoms with Crippen molar-refractivity contribution >= 4 is 44.6 Å². The predicted octanol–water partition coefficient (Wildman–Crippen LogP) is -0.222. The van der Waals surface area contributed by atoms with E-state index in [1.54, 1.807) is 18.9 Å². The van der Waals surface area contributed by atoms with Gasteiger partial charge in [0.15, 0.2) is 0 Å². The number of fused-ring (bicyclic) bond motifs is 1. The average Bonchev–Trinajstić information content (AvgIpc) is 2.73. The number of nitrogens with zero attached hydrogens (tertiary/aromatic N) is 1. The Morgan fingerprint density at radius 3 is 2.74 bits per heavy atom. The van der Waals surface area contributed by atoms with Gasteiger partial charge in [-0.15, -0.1) is 0 Å². The molecule has 0 unspecified atom stereocenters. The van der Waals surface area contributed by atoms with Crippen LogP contribution in [0.3, 0.4) is 0 Å². The second-order valence-corrected chi connectivity index (χ2v) is 8.03. The third-order valence-electron chi connectivity index (χ3n) is 3.04. The van der Waals surface area contributed by atoms with Crippen molar-refractivity contribution in [3.05, 3.63) is 29.3 Å². The van der Waals surface area contributed by atoms with Crippen LogP contribution < -0.4 is 39.2 Å². The minimum atomic E-state index is -4.20. The standard InChI is InChI=1S/C14H17NO4S3.Na/c1-10(20)8-14-15(6-3-7-22(16,17)18)12-9-11(19-2)4-5-13(12)21-14;/h4-5,8-9H,3,6-7H2,1-2H3,(H,16,17,18);/q;+1/p-1. The third-order valence-corrected chi connectivity index (χ3v) is 5.06. The Balaban J connectivity index is 0.00000264. The van der Waals surface area contributed by atoms with E-state index in [4.69, 9.17) is 17.0 Å². The third kappa shape index (κ3) is 6.04. The van der Waals surface area contributed by atoms with Crippen molar-refractivity contribution in [1.29, 1.82) is 0 Å². The topological polar surface area (TPSA) is 69.7 Å². The molecular formula is C14H16NNaO4S3. The van der Waals surface area contributed by atoms with Crippen molar-refractivity contribution in [2.75, 3.05) is 24.3 Å². The van der Waals surface area contributed by atoms with E-state index in [9.17, 15) is 13.0 Å². The summed E-state index contributed by atoms with van der Waals surface area (Å²) in [6.07, 6.45) is 2.13. The SMILES string of the molecule is COc1ccc2c(c1)N(CCCS(=O)(=O)[O-])C(=CC(C)=S)S2.[Na+]. The maximum atomic E-state index is 10.8. The second kappa shape index (κ2) is 8.84. The van der Waals surface area contributed by atoms with Crippen LogP contribution in [0, 0.1) is 0 Å². The average molecular weight is 381 g/mol. The number of thioether (sulfide) groups is 1. The molecule has 0 radical (unpaired) electrons. The summed E-state index contributed by atoms with van der Waals surface area (Å²) in [5.74, 6) is 0.346. The van der Waals surface area contributed by atoms with Gasteiger partial charge in [0.25, 0.3) is 0 Å². The van der Waals surface area contributed by atoms with Gasteiger partial charge in [0, 0.05) is 28.1 Å². The molecule has 0 N–H and O–H groups in total. The Labute approximate surface area is 168 Å². The minimum Gasteiger partial charge on any atom is -0.748 e. The molecule has 0 saturated carbocycles. The fraction of sp³-hybridized carbons (Fsp3) is 0.357. The van der Waals surface area contributed by atoms with Gasteiger partial charge in [-0.05, 0) is 31.6 Å². The van der Waals surface area contributed by atoms with Crippen molar-refractivity contribution in [2.45, 2.75) is 18.2 Å². The van der Waals surface area contributed by atoms with Crippen LogP contribution in [0.2, 0.25) is 0 Å². The zero-order chi connectivity index (χ0) is 16.3. The van der Waals surface area contributed by atoms with Gasteiger partial charge in [-0.3, -0.25) is 0 Å². The first-order valence-electron chi connectivity index (χ1n) is 6.59. The summed E-state index contributed by atoms with van der Waals surface area (Å²) in [5.41, 5.74) is 0.940. The molecule has 2 rings (SSSR count). The molecule has 120 valence electrons. The molecule has 0 atom stereocenters. The van der Waals surface area contributed by atoms with Crippen LogP contribution >= 0.6 is 24.0 Å². The summed E-state index contributed by atoms with van der Waals surface area (Å²) in [6.45, 7) is 2.26. The van der Waals surface area contributed by atoms with Crippen molar-refractivity contribution in [2.24, 2.45) is 0 Å². The van der Waals surface area contributed by atoms with Gasteiger partial charge in [0.2, 0.25) is 0 Å². The van der Waals surface area contributed by atoms with Gasteiger partial charge in [0.05, 0.1) is 27.9 Å². The molecule has 0 spiro atoms. The number of ether oxygens (including phenoxy) is 1. The zero-order valence-electron chi connectivity index (χ0n) is 13.2. The number of benzene rings is 1. The normalized spacial score (nSPS) is 15.3. The second-order valence-electron chi connectivity index (χ2n) is 4.80. The van der Waals surface area contributed by atoms with E-state index in [1.807, 2.05) is 36.1 Å². The van der Waals surface area contributed by atoms with Crippen LogP contribution in [0.1, 0.15) is 13.3 Å². The quantitative estimate of drug-likeness (QED) is 0.292. The van der Waals surface area contributed by atoms with Crippen molar-refractivity contribution in [1.82, 2.24) is 0 Å². The van der Waals surface area contributed by atoms with Crippen LogP contribution in [-0.2, 0) is 10.1 Å². The van der Waals surface area contributed by atoms with Crippen LogP contribution in [0.4, 0.5) is 5.69 Å². The summed E-state index contributed by atoms with van der Waals surface area (Å²) in [7, 11) is -2.61. The van der Waals surface area contributed by atoms with Crippen LogP contribution in [-0.4, -0.2) is 37.2 Å². The van der Waals surface area contributed by atoms with Crippen LogP contribution in [0.5, 0.6) is 5.75 Å². The van der Waals surface area contributed by atoms with Gasteiger partial charge in [-0.1, -0.05) is 24.0 Å². The van der Waals surface area contributed by atoms with E-state index in [1.165, 1.54) is 0 Å². The molecule has 0 saturated heterocycles. The summed E-state index contributed by atoms with van der Waals surface area (Å²) in [5, 5.41) is 0.930. The first kappa shape index (κ1) is 21.0. The zero-order valence-corrected chi connectivity index (χ0v) is 17.7. The molecule has 1 aliphatic heterocycles. The smallest absolute Gasteiger partial charge is 0.748 e. The molecule has 1 heterocycles. The number of anilines is 1. The first-order chi connectivity index (χ1) is 10.3. The maximum absolute atomic E-state index is 10.8. The van der Waals surface area contributed by atoms with Gasteiger partial charge in [0.1, 0.15) is 5.75 Å². The Bertz CT molecular complexity index is 719. The number of hydrogen-bond acceptors (Lipinski definition) is 7. The molecule has 0 bridgehead atoms. The Morgan fingerprint density at radius 2 is 2.17 bits per heavy atom. The Morgan fingerprint density at radius 1 is 1.48 bits per heavy atom. The number of rotatable bonds is 6. The minimum absolute atomic E-state index is 0. The largest absolute Gasteiger partial charge is 1.00 e. The first-order valence-corrected chi connectivity index (χ1v) is 9.39. The van der Waals surface area contributed by atoms with Crippen molar-refractivity contribution < 1.29 is 47.3 Å². The summed E-state index contributed by atoms with van der Waals surface area (Å²) in [6, 6.07) is 5.72. The van der Waals surface area contributed by atoms with E-state index in [0.29, 0.717) is 6.54 Å². The number of allylic oxidation sites excluding steroid dienone is 1. The van der Waals surface area contributed by atoms with Gasteiger partial charge >= 0.3 is 29.6 Å². The van der Waals surface area contributed by atoms with E-state index in [0.717, 1.165) is 26.2 Å². The Hall–Kier alpha value is -0.0900. The summed E-state index contributed by atoms with van der Waals surface area (Å²) >= 11 is 6.70. The molecule has 0 fully saturated rings. The van der Waals surface area contributed by atoms with Crippen LogP contribution in [0.15, 0.2) is 34.2 Å².